The summed E-state index contributed by atoms with van der Waals surface area (Å²) in [7, 11) is 0. The zero-order valence-corrected chi connectivity index (χ0v) is 12.6. The van der Waals surface area contributed by atoms with Crippen molar-refractivity contribution in [3.8, 4) is 0 Å². The predicted octanol–water partition coefficient (Wildman–Crippen LogP) is 1.70. The van der Waals surface area contributed by atoms with Crippen LogP contribution in [0.25, 0.3) is 0 Å². The van der Waals surface area contributed by atoms with Crippen molar-refractivity contribution in [2.45, 2.75) is 63.6 Å². The van der Waals surface area contributed by atoms with Crippen molar-refractivity contribution in [1.29, 1.82) is 0 Å². The molecule has 21 heavy (non-hydrogen) atoms. The molecule has 116 valence electrons. The number of fused-ring (bicyclic) bond motifs is 1. The van der Waals surface area contributed by atoms with Gasteiger partial charge in [0.25, 0.3) is 0 Å². The van der Waals surface area contributed by atoms with E-state index in [1.54, 1.807) is 6.20 Å². The number of carbonyl (C=O) groups is 1. The van der Waals surface area contributed by atoms with Gasteiger partial charge >= 0.3 is 0 Å². The highest BCUT2D eigenvalue weighted by Gasteiger charge is 2.37. The van der Waals surface area contributed by atoms with Crippen LogP contribution in [0.1, 0.15) is 44.9 Å². The molecule has 2 fully saturated rings. The summed E-state index contributed by atoms with van der Waals surface area (Å²) in [6, 6.07) is 0.641. The minimum Gasteiger partial charge on any atom is -0.355 e. The highest BCUT2D eigenvalue weighted by molar-refractivity contribution is 5.82. The SMILES string of the molecule is O=C(NCCCCn1ccnc1)C1CC2CCCCC2N1. The lowest BCUT2D eigenvalue weighted by atomic mass is 9.85. The van der Waals surface area contributed by atoms with Crippen molar-refractivity contribution in [3.05, 3.63) is 18.7 Å². The van der Waals surface area contributed by atoms with Crippen LogP contribution in [0, 0.1) is 5.92 Å². The first-order valence-corrected chi connectivity index (χ1v) is 8.32. The van der Waals surface area contributed by atoms with Gasteiger partial charge in [0, 0.05) is 31.5 Å². The smallest absolute Gasteiger partial charge is 0.237 e. The summed E-state index contributed by atoms with van der Waals surface area (Å²) in [5.41, 5.74) is 0. The topological polar surface area (TPSA) is 59.0 Å². The Kier molecular flexibility index (Phi) is 4.91. The number of nitrogens with one attached hydrogen (secondary N) is 2. The summed E-state index contributed by atoms with van der Waals surface area (Å²) in [5.74, 6) is 0.933. The number of carbonyl (C=O) groups excluding carboxylic acids is 1. The first-order valence-electron chi connectivity index (χ1n) is 8.32. The molecule has 5 nitrogen and oxygen atoms in total. The van der Waals surface area contributed by atoms with Gasteiger partial charge in [0.05, 0.1) is 12.4 Å². The first kappa shape index (κ1) is 14.6. The summed E-state index contributed by atoms with van der Waals surface area (Å²) in [5, 5.41) is 6.62. The van der Waals surface area contributed by atoms with E-state index in [0.717, 1.165) is 38.3 Å². The van der Waals surface area contributed by atoms with Gasteiger partial charge in [0.1, 0.15) is 0 Å². The monoisotopic (exact) mass is 290 g/mol. The molecule has 3 rings (SSSR count). The van der Waals surface area contributed by atoms with Gasteiger partial charge in [-0.2, -0.15) is 0 Å². The van der Waals surface area contributed by atoms with Gasteiger partial charge in [0.2, 0.25) is 5.91 Å². The molecule has 0 bridgehead atoms. The number of amides is 1. The van der Waals surface area contributed by atoms with E-state index < -0.39 is 0 Å². The number of hydrogen-bond donors (Lipinski definition) is 2. The first-order chi connectivity index (χ1) is 10.3. The highest BCUT2D eigenvalue weighted by Crippen LogP contribution is 2.33. The second-order valence-electron chi connectivity index (χ2n) is 6.40. The maximum Gasteiger partial charge on any atom is 0.237 e. The zero-order chi connectivity index (χ0) is 14.5. The Morgan fingerprint density at radius 1 is 1.33 bits per heavy atom. The van der Waals surface area contributed by atoms with Crippen molar-refractivity contribution in [2.75, 3.05) is 6.54 Å². The van der Waals surface area contributed by atoms with Crippen LogP contribution in [-0.2, 0) is 11.3 Å². The van der Waals surface area contributed by atoms with Crippen LogP contribution in [0.3, 0.4) is 0 Å². The number of unbranched alkanes of at least 4 members (excludes halogenated alkanes) is 1. The van der Waals surface area contributed by atoms with E-state index >= 15 is 0 Å². The van der Waals surface area contributed by atoms with Crippen LogP contribution >= 0.6 is 0 Å². The van der Waals surface area contributed by atoms with E-state index in [-0.39, 0.29) is 11.9 Å². The minimum atomic E-state index is 0.0479. The maximum absolute atomic E-state index is 12.2. The lowest BCUT2D eigenvalue weighted by Gasteiger charge is -2.24. The highest BCUT2D eigenvalue weighted by atomic mass is 16.2. The van der Waals surface area contributed by atoms with E-state index in [1.807, 2.05) is 12.5 Å². The number of imidazole rings is 1. The third-order valence-corrected chi connectivity index (χ3v) is 4.88. The molecule has 0 aromatic carbocycles. The summed E-state index contributed by atoms with van der Waals surface area (Å²) in [6.45, 7) is 1.75. The van der Waals surface area contributed by atoms with Crippen LogP contribution in [0.5, 0.6) is 0 Å². The fourth-order valence-electron chi connectivity index (χ4n) is 3.69. The number of nitrogens with zero attached hydrogens (tertiary/aromatic N) is 2. The molecule has 1 aliphatic heterocycles. The Morgan fingerprint density at radius 2 is 2.24 bits per heavy atom. The van der Waals surface area contributed by atoms with Crippen molar-refractivity contribution < 1.29 is 4.79 Å². The van der Waals surface area contributed by atoms with E-state index in [2.05, 4.69) is 20.2 Å². The summed E-state index contributed by atoms with van der Waals surface area (Å²) >= 11 is 0. The molecule has 1 saturated carbocycles. The largest absolute Gasteiger partial charge is 0.355 e. The van der Waals surface area contributed by atoms with Gasteiger partial charge in [-0.25, -0.2) is 4.98 Å². The number of aryl methyl sites for hydroxylation is 1. The van der Waals surface area contributed by atoms with Crippen molar-refractivity contribution in [1.82, 2.24) is 20.2 Å². The molecule has 1 aromatic rings. The third kappa shape index (κ3) is 3.84. The molecular weight excluding hydrogens is 264 g/mol. The minimum absolute atomic E-state index is 0.0479. The molecule has 5 heteroatoms. The van der Waals surface area contributed by atoms with Gasteiger partial charge in [-0.15, -0.1) is 0 Å². The van der Waals surface area contributed by atoms with Crippen LogP contribution in [-0.4, -0.2) is 34.1 Å². The van der Waals surface area contributed by atoms with Gasteiger partial charge < -0.3 is 15.2 Å². The number of rotatable bonds is 6. The van der Waals surface area contributed by atoms with Crippen molar-refractivity contribution >= 4 is 5.91 Å². The van der Waals surface area contributed by atoms with E-state index in [1.165, 1.54) is 25.7 Å². The molecule has 2 N–H and O–H groups in total. The average molecular weight is 290 g/mol. The molecule has 1 amide bonds. The lowest BCUT2D eigenvalue weighted by Crippen LogP contribution is -2.43. The van der Waals surface area contributed by atoms with Gasteiger partial charge in [-0.3, -0.25) is 4.79 Å². The zero-order valence-electron chi connectivity index (χ0n) is 12.6. The summed E-state index contributed by atoms with van der Waals surface area (Å²) in [6.07, 6.45) is 13.9. The fourth-order valence-corrected chi connectivity index (χ4v) is 3.69. The van der Waals surface area contributed by atoms with Gasteiger partial charge in [-0.1, -0.05) is 12.8 Å². The molecule has 3 atom stereocenters. The Labute approximate surface area is 126 Å². The Balaban J connectivity index is 1.31. The van der Waals surface area contributed by atoms with Gasteiger partial charge in [0.15, 0.2) is 0 Å². The molecular formula is C16H26N4O. The van der Waals surface area contributed by atoms with Crippen molar-refractivity contribution in [2.24, 2.45) is 5.92 Å². The second kappa shape index (κ2) is 7.07. The maximum atomic E-state index is 12.2. The van der Waals surface area contributed by atoms with Crippen LogP contribution in [0.4, 0.5) is 0 Å². The van der Waals surface area contributed by atoms with Crippen molar-refractivity contribution in [3.63, 3.8) is 0 Å². The van der Waals surface area contributed by atoms with E-state index in [4.69, 9.17) is 0 Å². The van der Waals surface area contributed by atoms with E-state index in [9.17, 15) is 4.79 Å². The Morgan fingerprint density at radius 3 is 3.05 bits per heavy atom. The van der Waals surface area contributed by atoms with Crippen LogP contribution in [0.2, 0.25) is 0 Å². The quantitative estimate of drug-likeness (QED) is 0.784. The Hall–Kier alpha value is -1.36. The van der Waals surface area contributed by atoms with Gasteiger partial charge in [-0.05, 0) is 38.0 Å². The Bertz CT molecular complexity index is 431. The lowest BCUT2D eigenvalue weighted by molar-refractivity contribution is -0.122. The number of aromatic nitrogens is 2. The second-order valence-corrected chi connectivity index (χ2v) is 6.40. The molecule has 2 aliphatic rings. The molecule has 1 aliphatic carbocycles. The molecule has 1 saturated heterocycles. The van der Waals surface area contributed by atoms with Crippen LogP contribution < -0.4 is 10.6 Å². The molecule has 0 radical (unpaired) electrons. The van der Waals surface area contributed by atoms with Crippen LogP contribution in [0.15, 0.2) is 18.7 Å². The molecule has 2 heterocycles. The summed E-state index contributed by atoms with van der Waals surface area (Å²) in [4.78, 5) is 16.2. The average Bonchev–Trinajstić information content (AvgIpc) is 3.15. The number of hydrogen-bond acceptors (Lipinski definition) is 3. The molecule has 0 spiro atoms. The standard InChI is InChI=1S/C16H26N4O/c21-16(15-11-13-5-1-2-6-14(13)19-15)18-7-3-4-9-20-10-8-17-12-20/h8,10,12-15,19H,1-7,9,11H2,(H,18,21). The molecule has 3 unspecified atom stereocenters. The third-order valence-electron chi connectivity index (χ3n) is 4.88. The predicted molar refractivity (Wildman–Crippen MR) is 81.8 cm³/mol. The fraction of sp³-hybridized carbons (Fsp3) is 0.750. The molecule has 1 aromatic heterocycles. The summed E-state index contributed by atoms with van der Waals surface area (Å²) < 4.78 is 2.07. The van der Waals surface area contributed by atoms with E-state index in [0.29, 0.717) is 6.04 Å². The normalized spacial score (nSPS) is 28.3.